The van der Waals surface area contributed by atoms with Crippen LogP contribution in [0.4, 0.5) is 0 Å². The number of likely N-dealkylation sites (tertiary alicyclic amines) is 1. The number of nitrogens with two attached hydrogens (primary N) is 1. The average molecular weight is 225 g/mol. The molecule has 3 nitrogen and oxygen atoms in total. The van der Waals surface area contributed by atoms with Crippen LogP contribution in [0.15, 0.2) is 0 Å². The predicted octanol–water partition coefficient (Wildman–Crippen LogP) is 1.28. The number of hydrogen-bond acceptors (Lipinski definition) is 3. The Morgan fingerprint density at radius 3 is 2.38 bits per heavy atom. The minimum absolute atomic E-state index is 0.451. The molecule has 1 saturated heterocycles. The molecular formula is C13H27N3. The van der Waals surface area contributed by atoms with Crippen LogP contribution in [0.3, 0.4) is 0 Å². The Morgan fingerprint density at radius 2 is 1.75 bits per heavy atom. The van der Waals surface area contributed by atoms with Crippen molar-refractivity contribution in [3.8, 4) is 0 Å². The Kier molecular flexibility index (Phi) is 4.22. The van der Waals surface area contributed by atoms with Crippen LogP contribution in [-0.2, 0) is 0 Å². The summed E-state index contributed by atoms with van der Waals surface area (Å²) >= 11 is 0. The fraction of sp³-hybridized carbons (Fsp3) is 1.00. The molecule has 1 aliphatic carbocycles. The molecule has 0 bridgehead atoms. The van der Waals surface area contributed by atoms with E-state index >= 15 is 0 Å². The topological polar surface area (TPSA) is 32.5 Å². The van der Waals surface area contributed by atoms with E-state index in [1.165, 1.54) is 51.6 Å². The Hall–Kier alpha value is -0.120. The highest BCUT2D eigenvalue weighted by Gasteiger charge is 2.28. The Bertz CT molecular complexity index is 211. The van der Waals surface area contributed by atoms with E-state index in [9.17, 15) is 0 Å². The van der Waals surface area contributed by atoms with E-state index in [1.807, 2.05) is 0 Å². The van der Waals surface area contributed by atoms with Gasteiger partial charge in [0.15, 0.2) is 0 Å². The Labute approximate surface area is 100.0 Å². The van der Waals surface area contributed by atoms with Crippen molar-refractivity contribution in [3.05, 3.63) is 0 Å². The molecule has 94 valence electrons. The lowest BCUT2D eigenvalue weighted by Gasteiger charge is -2.42. The summed E-state index contributed by atoms with van der Waals surface area (Å²) in [5.41, 5.74) is 6.08. The van der Waals surface area contributed by atoms with Gasteiger partial charge in [-0.3, -0.25) is 0 Å². The van der Waals surface area contributed by atoms with Crippen molar-refractivity contribution in [1.82, 2.24) is 9.80 Å². The summed E-state index contributed by atoms with van der Waals surface area (Å²) in [6, 6.07) is 2.00. The standard InChI is InChI=1S/C13H27N3/c1-15-8-6-12(7-9-15)16(2)13-5-3-4-11(14)10-13/h11-13H,3-10,14H2,1-2H3. The first-order valence-electron chi connectivity index (χ1n) is 6.83. The van der Waals surface area contributed by atoms with Gasteiger partial charge < -0.3 is 15.5 Å². The second-order valence-corrected chi connectivity index (χ2v) is 5.78. The third kappa shape index (κ3) is 2.96. The first-order chi connectivity index (χ1) is 7.66. The molecule has 16 heavy (non-hydrogen) atoms. The van der Waals surface area contributed by atoms with Gasteiger partial charge in [0.05, 0.1) is 0 Å². The van der Waals surface area contributed by atoms with Crippen molar-refractivity contribution in [2.45, 2.75) is 56.7 Å². The van der Waals surface area contributed by atoms with Crippen LogP contribution in [-0.4, -0.2) is 55.1 Å². The molecule has 0 aromatic heterocycles. The van der Waals surface area contributed by atoms with Crippen LogP contribution in [0, 0.1) is 0 Å². The summed E-state index contributed by atoms with van der Waals surface area (Å²) in [6.07, 6.45) is 7.79. The number of hydrogen-bond donors (Lipinski definition) is 1. The summed E-state index contributed by atoms with van der Waals surface area (Å²) in [4.78, 5) is 5.07. The van der Waals surface area contributed by atoms with Crippen molar-refractivity contribution in [2.24, 2.45) is 5.73 Å². The molecule has 2 N–H and O–H groups in total. The van der Waals surface area contributed by atoms with Gasteiger partial charge in [-0.2, -0.15) is 0 Å². The minimum atomic E-state index is 0.451. The largest absolute Gasteiger partial charge is 0.328 e. The Morgan fingerprint density at radius 1 is 1.06 bits per heavy atom. The third-order valence-corrected chi connectivity index (χ3v) is 4.53. The highest BCUT2D eigenvalue weighted by Crippen LogP contribution is 2.25. The first-order valence-corrected chi connectivity index (χ1v) is 6.83. The van der Waals surface area contributed by atoms with Crippen LogP contribution < -0.4 is 5.73 Å². The normalized spacial score (nSPS) is 34.5. The molecule has 2 rings (SSSR count). The van der Waals surface area contributed by atoms with E-state index in [0.717, 1.165) is 12.1 Å². The van der Waals surface area contributed by atoms with Gasteiger partial charge in [-0.15, -0.1) is 0 Å². The fourth-order valence-corrected chi connectivity index (χ4v) is 3.27. The van der Waals surface area contributed by atoms with Crippen molar-refractivity contribution in [3.63, 3.8) is 0 Å². The molecule has 0 aromatic carbocycles. The number of piperidine rings is 1. The zero-order chi connectivity index (χ0) is 11.5. The minimum Gasteiger partial charge on any atom is -0.328 e. The van der Waals surface area contributed by atoms with Gasteiger partial charge in [0, 0.05) is 18.1 Å². The first kappa shape index (κ1) is 12.3. The summed E-state index contributed by atoms with van der Waals surface area (Å²) in [6.45, 7) is 2.52. The number of nitrogens with zero attached hydrogens (tertiary/aromatic N) is 2. The molecule has 0 amide bonds. The van der Waals surface area contributed by atoms with Gasteiger partial charge >= 0.3 is 0 Å². The van der Waals surface area contributed by atoms with Crippen molar-refractivity contribution < 1.29 is 0 Å². The van der Waals surface area contributed by atoms with Crippen LogP contribution in [0.5, 0.6) is 0 Å². The maximum absolute atomic E-state index is 6.08. The highest BCUT2D eigenvalue weighted by molar-refractivity contribution is 4.86. The van der Waals surface area contributed by atoms with Gasteiger partial charge in [0.2, 0.25) is 0 Å². The molecule has 3 heteroatoms. The zero-order valence-electron chi connectivity index (χ0n) is 10.9. The summed E-state index contributed by atoms with van der Waals surface area (Å²) in [5.74, 6) is 0. The summed E-state index contributed by atoms with van der Waals surface area (Å²) in [7, 11) is 4.55. The van der Waals surface area contributed by atoms with Gasteiger partial charge in [-0.1, -0.05) is 6.42 Å². The van der Waals surface area contributed by atoms with Gasteiger partial charge in [0.1, 0.15) is 0 Å². The molecular weight excluding hydrogens is 198 g/mol. The molecule has 2 fully saturated rings. The van der Waals surface area contributed by atoms with E-state index < -0.39 is 0 Å². The van der Waals surface area contributed by atoms with E-state index in [0.29, 0.717) is 6.04 Å². The lowest BCUT2D eigenvalue weighted by molar-refractivity contribution is 0.0842. The average Bonchev–Trinajstić information content (AvgIpc) is 2.29. The van der Waals surface area contributed by atoms with Crippen molar-refractivity contribution >= 4 is 0 Å². The molecule has 0 spiro atoms. The lowest BCUT2D eigenvalue weighted by Crippen LogP contribution is -2.49. The lowest BCUT2D eigenvalue weighted by atomic mass is 9.89. The van der Waals surface area contributed by atoms with Gasteiger partial charge in [-0.25, -0.2) is 0 Å². The molecule has 2 atom stereocenters. The highest BCUT2D eigenvalue weighted by atomic mass is 15.2. The van der Waals surface area contributed by atoms with E-state index in [1.54, 1.807) is 0 Å². The maximum Gasteiger partial charge on any atom is 0.0119 e. The molecule has 1 heterocycles. The molecule has 1 aliphatic heterocycles. The van der Waals surface area contributed by atoms with E-state index in [2.05, 4.69) is 23.9 Å². The summed E-state index contributed by atoms with van der Waals surface area (Å²) < 4.78 is 0. The van der Waals surface area contributed by atoms with Crippen LogP contribution in [0.1, 0.15) is 38.5 Å². The molecule has 1 saturated carbocycles. The second-order valence-electron chi connectivity index (χ2n) is 5.78. The van der Waals surface area contributed by atoms with E-state index in [4.69, 9.17) is 5.73 Å². The zero-order valence-corrected chi connectivity index (χ0v) is 10.9. The molecule has 2 aliphatic rings. The van der Waals surface area contributed by atoms with Crippen molar-refractivity contribution in [2.75, 3.05) is 27.2 Å². The molecule has 0 aromatic rings. The number of rotatable bonds is 2. The van der Waals surface area contributed by atoms with Crippen LogP contribution >= 0.6 is 0 Å². The van der Waals surface area contributed by atoms with Crippen LogP contribution in [0.25, 0.3) is 0 Å². The predicted molar refractivity (Wildman–Crippen MR) is 68.5 cm³/mol. The monoisotopic (exact) mass is 225 g/mol. The van der Waals surface area contributed by atoms with Crippen molar-refractivity contribution in [1.29, 1.82) is 0 Å². The smallest absolute Gasteiger partial charge is 0.0119 e. The SMILES string of the molecule is CN1CCC(N(C)C2CCCC(N)C2)CC1. The van der Waals surface area contributed by atoms with Gasteiger partial charge in [-0.05, 0) is 59.3 Å². The quantitative estimate of drug-likeness (QED) is 0.768. The third-order valence-electron chi connectivity index (χ3n) is 4.53. The fourth-order valence-electron chi connectivity index (χ4n) is 3.27. The second kappa shape index (κ2) is 5.48. The molecule has 0 radical (unpaired) electrons. The van der Waals surface area contributed by atoms with Gasteiger partial charge in [0.25, 0.3) is 0 Å². The van der Waals surface area contributed by atoms with Crippen LogP contribution in [0.2, 0.25) is 0 Å². The molecule has 2 unspecified atom stereocenters. The Balaban J connectivity index is 1.84. The summed E-state index contributed by atoms with van der Waals surface area (Å²) in [5, 5.41) is 0. The maximum atomic E-state index is 6.08. The van der Waals surface area contributed by atoms with E-state index in [-0.39, 0.29) is 0 Å².